The monoisotopic (exact) mass is 226 g/mol. The molecule has 1 heterocycles. The van der Waals surface area contributed by atoms with Gasteiger partial charge in [-0.1, -0.05) is 0 Å². The standard InChI is InChI=1S/C8H7BrN2O/c1-5-4-7(12)6(2-3-10)11-8(5)9/h4,6H,2H2,1H3. The van der Waals surface area contributed by atoms with Crippen LogP contribution in [0.3, 0.4) is 0 Å². The van der Waals surface area contributed by atoms with E-state index in [-0.39, 0.29) is 12.2 Å². The number of dihydropyridines is 1. The molecule has 0 radical (unpaired) electrons. The molecule has 0 saturated carbocycles. The second-order valence-electron chi connectivity index (χ2n) is 2.53. The van der Waals surface area contributed by atoms with Crippen LogP contribution in [0.5, 0.6) is 0 Å². The molecule has 0 saturated heterocycles. The van der Waals surface area contributed by atoms with Gasteiger partial charge in [0.2, 0.25) is 0 Å². The molecule has 0 N–H and O–H groups in total. The summed E-state index contributed by atoms with van der Waals surface area (Å²) in [6.07, 6.45) is 1.66. The molecule has 12 heavy (non-hydrogen) atoms. The van der Waals surface area contributed by atoms with E-state index in [2.05, 4.69) is 20.9 Å². The lowest BCUT2D eigenvalue weighted by Crippen LogP contribution is -2.21. The number of hydrogen-bond donors (Lipinski definition) is 0. The molecule has 1 unspecified atom stereocenters. The van der Waals surface area contributed by atoms with Crippen LogP contribution in [0.4, 0.5) is 0 Å². The maximum Gasteiger partial charge on any atom is 0.181 e. The fourth-order valence-corrected chi connectivity index (χ4v) is 1.27. The van der Waals surface area contributed by atoms with Crippen LogP contribution < -0.4 is 0 Å². The molecule has 0 amide bonds. The van der Waals surface area contributed by atoms with Crippen LogP contribution in [0.1, 0.15) is 13.3 Å². The quantitative estimate of drug-likeness (QED) is 0.682. The summed E-state index contributed by atoms with van der Waals surface area (Å²) in [5, 5.41) is 8.38. The number of carbonyl (C=O) groups is 1. The second-order valence-corrected chi connectivity index (χ2v) is 3.28. The Morgan fingerprint density at radius 3 is 3.08 bits per heavy atom. The van der Waals surface area contributed by atoms with E-state index < -0.39 is 6.04 Å². The number of rotatable bonds is 1. The van der Waals surface area contributed by atoms with Crippen LogP contribution in [0, 0.1) is 11.3 Å². The van der Waals surface area contributed by atoms with Gasteiger partial charge in [0.1, 0.15) is 10.7 Å². The Balaban J connectivity index is 2.86. The highest BCUT2D eigenvalue weighted by Gasteiger charge is 2.20. The van der Waals surface area contributed by atoms with Crippen molar-refractivity contribution in [3.63, 3.8) is 0 Å². The van der Waals surface area contributed by atoms with Crippen molar-refractivity contribution in [1.29, 1.82) is 5.26 Å². The molecule has 0 aromatic heterocycles. The molecule has 0 bridgehead atoms. The number of ketones is 1. The van der Waals surface area contributed by atoms with Crippen molar-refractivity contribution in [1.82, 2.24) is 0 Å². The summed E-state index contributed by atoms with van der Waals surface area (Å²) < 4.78 is 0.669. The smallest absolute Gasteiger partial charge is 0.181 e. The summed E-state index contributed by atoms with van der Waals surface area (Å²) >= 11 is 3.21. The number of allylic oxidation sites excluding steroid dienone is 1. The molecule has 0 fully saturated rings. The number of halogens is 1. The Bertz CT molecular complexity index is 312. The first-order valence-corrected chi connectivity index (χ1v) is 4.27. The van der Waals surface area contributed by atoms with Crippen LogP contribution in [-0.4, -0.2) is 16.4 Å². The van der Waals surface area contributed by atoms with Crippen molar-refractivity contribution in [3.8, 4) is 6.07 Å². The van der Waals surface area contributed by atoms with Gasteiger partial charge in [-0.05, 0) is 34.5 Å². The average molecular weight is 227 g/mol. The lowest BCUT2D eigenvalue weighted by Gasteiger charge is -2.11. The lowest BCUT2D eigenvalue weighted by molar-refractivity contribution is -0.115. The highest BCUT2D eigenvalue weighted by atomic mass is 79.9. The minimum atomic E-state index is -0.506. The van der Waals surface area contributed by atoms with E-state index in [9.17, 15) is 4.79 Å². The van der Waals surface area contributed by atoms with E-state index in [1.807, 2.05) is 6.07 Å². The van der Waals surface area contributed by atoms with Gasteiger partial charge in [-0.15, -0.1) is 0 Å². The van der Waals surface area contributed by atoms with E-state index in [0.29, 0.717) is 4.62 Å². The first kappa shape index (κ1) is 9.14. The van der Waals surface area contributed by atoms with Gasteiger partial charge in [0.15, 0.2) is 5.78 Å². The van der Waals surface area contributed by atoms with E-state index in [1.165, 1.54) is 6.08 Å². The summed E-state index contributed by atoms with van der Waals surface area (Å²) in [7, 11) is 0. The molecule has 0 aromatic rings. The van der Waals surface area contributed by atoms with Crippen LogP contribution in [0.15, 0.2) is 16.6 Å². The lowest BCUT2D eigenvalue weighted by atomic mass is 10.1. The maximum absolute atomic E-state index is 11.2. The van der Waals surface area contributed by atoms with Crippen LogP contribution >= 0.6 is 15.9 Å². The van der Waals surface area contributed by atoms with Gasteiger partial charge in [0.05, 0.1) is 12.5 Å². The first-order valence-electron chi connectivity index (χ1n) is 3.48. The first-order chi connectivity index (χ1) is 5.65. The SMILES string of the molecule is CC1=CC(=O)C(CC#N)N=C1Br. The summed E-state index contributed by atoms with van der Waals surface area (Å²) in [6.45, 7) is 1.80. The zero-order valence-corrected chi connectivity index (χ0v) is 8.13. The van der Waals surface area contributed by atoms with Gasteiger partial charge in [-0.2, -0.15) is 5.26 Å². The Morgan fingerprint density at radius 2 is 2.50 bits per heavy atom. The molecule has 0 aliphatic carbocycles. The van der Waals surface area contributed by atoms with E-state index in [4.69, 9.17) is 5.26 Å². The number of nitriles is 1. The molecule has 0 spiro atoms. The zero-order valence-electron chi connectivity index (χ0n) is 6.54. The molecule has 4 heteroatoms. The molecule has 1 aliphatic heterocycles. The van der Waals surface area contributed by atoms with Crippen LogP contribution in [-0.2, 0) is 4.79 Å². The second kappa shape index (κ2) is 3.63. The van der Waals surface area contributed by atoms with Gasteiger partial charge in [-0.25, -0.2) is 0 Å². The van der Waals surface area contributed by atoms with Gasteiger partial charge >= 0.3 is 0 Å². The van der Waals surface area contributed by atoms with Crippen LogP contribution in [0.25, 0.3) is 0 Å². The number of hydrogen-bond acceptors (Lipinski definition) is 3. The fraction of sp³-hybridized carbons (Fsp3) is 0.375. The van der Waals surface area contributed by atoms with Gasteiger partial charge < -0.3 is 0 Å². The van der Waals surface area contributed by atoms with E-state index in [0.717, 1.165) is 5.57 Å². The predicted octanol–water partition coefficient (Wildman–Crippen LogP) is 1.59. The molecular formula is C8H7BrN2O. The molecule has 1 atom stereocenters. The predicted molar refractivity (Wildman–Crippen MR) is 49.1 cm³/mol. The topological polar surface area (TPSA) is 53.2 Å². The minimum Gasteiger partial charge on any atom is -0.292 e. The van der Waals surface area contributed by atoms with Gasteiger partial charge in [-0.3, -0.25) is 9.79 Å². The molecule has 1 aliphatic rings. The summed E-state index contributed by atoms with van der Waals surface area (Å²) in [5.74, 6) is -0.0859. The van der Waals surface area contributed by atoms with Crippen molar-refractivity contribution in [2.24, 2.45) is 4.99 Å². The zero-order chi connectivity index (χ0) is 9.14. The van der Waals surface area contributed by atoms with Gasteiger partial charge in [0.25, 0.3) is 0 Å². The van der Waals surface area contributed by atoms with Crippen molar-refractivity contribution in [2.75, 3.05) is 0 Å². The summed E-state index contributed by atoms with van der Waals surface area (Å²) in [4.78, 5) is 15.2. The Labute approximate surface area is 78.9 Å². The highest BCUT2D eigenvalue weighted by Crippen LogP contribution is 2.15. The number of carbonyl (C=O) groups excluding carboxylic acids is 1. The summed E-state index contributed by atoms with van der Waals surface area (Å²) in [6, 6.07) is 1.42. The molecule has 0 aromatic carbocycles. The van der Waals surface area contributed by atoms with E-state index in [1.54, 1.807) is 6.92 Å². The van der Waals surface area contributed by atoms with Crippen molar-refractivity contribution in [2.45, 2.75) is 19.4 Å². The van der Waals surface area contributed by atoms with Crippen molar-refractivity contribution < 1.29 is 4.79 Å². The Morgan fingerprint density at radius 1 is 1.83 bits per heavy atom. The van der Waals surface area contributed by atoms with Crippen LogP contribution in [0.2, 0.25) is 0 Å². The van der Waals surface area contributed by atoms with E-state index >= 15 is 0 Å². The Hall–Kier alpha value is -0.950. The fourth-order valence-electron chi connectivity index (χ4n) is 0.904. The molecule has 62 valence electrons. The Kier molecular flexibility index (Phi) is 2.77. The van der Waals surface area contributed by atoms with Gasteiger partial charge in [0, 0.05) is 0 Å². The third kappa shape index (κ3) is 1.80. The largest absolute Gasteiger partial charge is 0.292 e. The normalized spacial score (nSPS) is 22.8. The highest BCUT2D eigenvalue weighted by molar-refractivity contribution is 9.18. The summed E-state index contributed by atoms with van der Waals surface area (Å²) in [5.41, 5.74) is 0.814. The third-order valence-electron chi connectivity index (χ3n) is 1.57. The number of nitrogens with zero attached hydrogens (tertiary/aromatic N) is 2. The molecule has 3 nitrogen and oxygen atoms in total. The maximum atomic E-state index is 11.2. The molecule has 1 rings (SSSR count). The minimum absolute atomic E-state index is 0.0859. The van der Waals surface area contributed by atoms with Crippen molar-refractivity contribution >= 4 is 26.3 Å². The number of aliphatic imine (C=N–C) groups is 1. The average Bonchev–Trinajstić information content (AvgIpc) is 2.01. The van der Waals surface area contributed by atoms with Crippen molar-refractivity contribution in [3.05, 3.63) is 11.6 Å². The third-order valence-corrected chi connectivity index (χ3v) is 2.40. The molecular weight excluding hydrogens is 220 g/mol.